The first-order valence-electron chi connectivity index (χ1n) is 5.19. The quantitative estimate of drug-likeness (QED) is 0.758. The van der Waals surface area contributed by atoms with Crippen molar-refractivity contribution in [2.75, 3.05) is 13.4 Å². The summed E-state index contributed by atoms with van der Waals surface area (Å²) < 4.78 is 11.0. The van der Waals surface area contributed by atoms with E-state index >= 15 is 0 Å². The van der Waals surface area contributed by atoms with Crippen LogP contribution in [0.5, 0.6) is 17.2 Å². The standard InChI is InChI=1S/C14H13O2S/c1-15-13-10-12(8-9-14(13)17-2)16-11-6-4-3-5-7-11/h4-10H,1-2H3. The van der Waals surface area contributed by atoms with Gasteiger partial charge in [0.1, 0.15) is 17.2 Å². The van der Waals surface area contributed by atoms with Crippen LogP contribution < -0.4 is 9.47 Å². The Labute approximate surface area is 106 Å². The molecule has 0 aliphatic carbocycles. The lowest BCUT2D eigenvalue weighted by Gasteiger charge is -2.10. The molecule has 3 heteroatoms. The van der Waals surface area contributed by atoms with Gasteiger partial charge in [0.2, 0.25) is 0 Å². The largest absolute Gasteiger partial charge is 0.495 e. The lowest BCUT2D eigenvalue weighted by molar-refractivity contribution is 0.399. The van der Waals surface area contributed by atoms with Crippen molar-refractivity contribution in [3.05, 3.63) is 48.5 Å². The number of thioether (sulfide) groups is 1. The zero-order valence-corrected chi connectivity index (χ0v) is 10.6. The Balaban J connectivity index is 2.22. The Morgan fingerprint density at radius 3 is 2.47 bits per heavy atom. The first-order chi connectivity index (χ1) is 8.33. The number of hydrogen-bond acceptors (Lipinski definition) is 3. The molecule has 2 aromatic rings. The maximum absolute atomic E-state index is 5.71. The first kappa shape index (κ1) is 11.9. The third kappa shape index (κ3) is 2.94. The summed E-state index contributed by atoms with van der Waals surface area (Å²) >= 11 is 1.65. The molecule has 0 aliphatic heterocycles. The summed E-state index contributed by atoms with van der Waals surface area (Å²) in [6, 6.07) is 16.2. The van der Waals surface area contributed by atoms with Gasteiger partial charge in [-0.15, -0.1) is 11.8 Å². The Bertz CT molecular complexity index is 483. The Morgan fingerprint density at radius 2 is 1.82 bits per heavy atom. The van der Waals surface area contributed by atoms with E-state index in [-0.39, 0.29) is 0 Å². The van der Waals surface area contributed by atoms with Crippen molar-refractivity contribution in [2.45, 2.75) is 4.90 Å². The second-order valence-electron chi connectivity index (χ2n) is 3.35. The molecule has 17 heavy (non-hydrogen) atoms. The van der Waals surface area contributed by atoms with Gasteiger partial charge in [0.15, 0.2) is 0 Å². The Hall–Kier alpha value is -1.61. The Kier molecular flexibility index (Phi) is 3.94. The first-order valence-corrected chi connectivity index (χ1v) is 6.42. The van der Waals surface area contributed by atoms with Crippen LogP contribution in [0.4, 0.5) is 0 Å². The summed E-state index contributed by atoms with van der Waals surface area (Å²) in [4.78, 5) is 1.10. The van der Waals surface area contributed by atoms with Gasteiger partial charge in [-0.2, -0.15) is 0 Å². The normalized spacial score (nSPS) is 10.0. The molecule has 0 bridgehead atoms. The van der Waals surface area contributed by atoms with E-state index in [2.05, 4.69) is 6.07 Å². The van der Waals surface area contributed by atoms with E-state index in [9.17, 15) is 0 Å². The molecule has 2 rings (SSSR count). The van der Waals surface area contributed by atoms with Crippen LogP contribution in [-0.2, 0) is 0 Å². The number of benzene rings is 2. The fraction of sp³-hybridized carbons (Fsp3) is 0.143. The predicted octanol–water partition coefficient (Wildman–Crippen LogP) is 4.01. The highest BCUT2D eigenvalue weighted by Gasteiger charge is 2.04. The third-order valence-corrected chi connectivity index (χ3v) is 3.06. The minimum absolute atomic E-state index is 0.769. The van der Waals surface area contributed by atoms with Gasteiger partial charge in [0.05, 0.1) is 7.11 Å². The molecule has 87 valence electrons. The molecule has 0 heterocycles. The molecule has 0 amide bonds. The van der Waals surface area contributed by atoms with Crippen molar-refractivity contribution in [1.29, 1.82) is 0 Å². The number of ether oxygens (including phenoxy) is 2. The van der Waals surface area contributed by atoms with Crippen LogP contribution in [0.25, 0.3) is 0 Å². The van der Waals surface area contributed by atoms with Gasteiger partial charge >= 0.3 is 0 Å². The van der Waals surface area contributed by atoms with E-state index in [1.54, 1.807) is 18.9 Å². The number of hydrogen-bond donors (Lipinski definition) is 0. The molecule has 0 fully saturated rings. The minimum Gasteiger partial charge on any atom is -0.495 e. The lowest BCUT2D eigenvalue weighted by atomic mass is 10.3. The van der Waals surface area contributed by atoms with Gasteiger partial charge in [-0.1, -0.05) is 12.1 Å². The summed E-state index contributed by atoms with van der Waals surface area (Å²) in [5, 5.41) is 0. The minimum atomic E-state index is 0.769. The maximum atomic E-state index is 5.71. The van der Waals surface area contributed by atoms with E-state index < -0.39 is 0 Å². The number of rotatable bonds is 4. The van der Waals surface area contributed by atoms with Gasteiger partial charge in [0, 0.05) is 11.0 Å². The summed E-state index contributed by atoms with van der Waals surface area (Å²) in [5.74, 6) is 2.39. The molecule has 0 unspecified atom stereocenters. The van der Waals surface area contributed by atoms with Gasteiger partial charge in [-0.05, 0) is 36.6 Å². The van der Waals surface area contributed by atoms with Crippen molar-refractivity contribution in [3.8, 4) is 17.2 Å². The van der Waals surface area contributed by atoms with Crippen LogP contribution in [0.1, 0.15) is 0 Å². The van der Waals surface area contributed by atoms with Crippen LogP contribution in [0.3, 0.4) is 0 Å². The summed E-state index contributed by atoms with van der Waals surface area (Å²) in [6.45, 7) is 0. The van der Waals surface area contributed by atoms with Gasteiger partial charge in [-0.3, -0.25) is 0 Å². The van der Waals surface area contributed by atoms with Gasteiger partial charge in [0.25, 0.3) is 0 Å². The summed E-state index contributed by atoms with van der Waals surface area (Å²) in [7, 11) is 1.66. The van der Waals surface area contributed by atoms with Crippen LogP contribution >= 0.6 is 11.8 Å². The summed E-state index contributed by atoms with van der Waals surface area (Å²) in [5.41, 5.74) is 0. The molecule has 0 atom stereocenters. The molecule has 0 aliphatic rings. The van der Waals surface area contributed by atoms with Crippen LogP contribution in [0.15, 0.2) is 47.4 Å². The average molecular weight is 245 g/mol. The van der Waals surface area contributed by atoms with Crippen molar-refractivity contribution >= 4 is 11.8 Å². The Morgan fingerprint density at radius 1 is 1.06 bits per heavy atom. The average Bonchev–Trinajstić information content (AvgIpc) is 2.40. The van der Waals surface area contributed by atoms with E-state index in [0.29, 0.717) is 0 Å². The number of methoxy groups -OCH3 is 1. The second kappa shape index (κ2) is 5.64. The molecular formula is C14H13O2S. The highest BCUT2D eigenvalue weighted by molar-refractivity contribution is 7.98. The molecule has 0 saturated carbocycles. The summed E-state index contributed by atoms with van der Waals surface area (Å²) in [6.07, 6.45) is 2.02. The molecule has 0 N–H and O–H groups in total. The smallest absolute Gasteiger partial charge is 0.136 e. The molecule has 0 saturated heterocycles. The third-order valence-electron chi connectivity index (χ3n) is 2.28. The lowest BCUT2D eigenvalue weighted by Crippen LogP contribution is -1.88. The van der Waals surface area contributed by atoms with Crippen LogP contribution in [0.2, 0.25) is 0 Å². The topological polar surface area (TPSA) is 18.5 Å². The van der Waals surface area contributed by atoms with Crippen molar-refractivity contribution in [3.63, 3.8) is 0 Å². The fourth-order valence-electron chi connectivity index (χ4n) is 1.46. The van der Waals surface area contributed by atoms with E-state index in [1.165, 1.54) is 0 Å². The van der Waals surface area contributed by atoms with Crippen LogP contribution in [-0.4, -0.2) is 13.4 Å². The molecule has 2 nitrogen and oxygen atoms in total. The molecule has 0 aromatic heterocycles. The van der Waals surface area contributed by atoms with E-state index in [1.807, 2.05) is 48.7 Å². The monoisotopic (exact) mass is 245 g/mol. The molecular weight excluding hydrogens is 232 g/mol. The van der Waals surface area contributed by atoms with E-state index in [4.69, 9.17) is 9.47 Å². The van der Waals surface area contributed by atoms with Crippen molar-refractivity contribution in [2.24, 2.45) is 0 Å². The van der Waals surface area contributed by atoms with Crippen molar-refractivity contribution in [1.82, 2.24) is 0 Å². The molecule has 0 spiro atoms. The highest BCUT2D eigenvalue weighted by atomic mass is 32.2. The second-order valence-corrected chi connectivity index (χ2v) is 4.20. The highest BCUT2D eigenvalue weighted by Crippen LogP contribution is 2.32. The van der Waals surface area contributed by atoms with Crippen molar-refractivity contribution < 1.29 is 9.47 Å². The molecule has 1 radical (unpaired) electrons. The predicted molar refractivity (Wildman–Crippen MR) is 70.1 cm³/mol. The van der Waals surface area contributed by atoms with E-state index in [0.717, 1.165) is 22.1 Å². The fourth-order valence-corrected chi connectivity index (χ4v) is 2.00. The van der Waals surface area contributed by atoms with Crippen LogP contribution in [0, 0.1) is 6.07 Å². The van der Waals surface area contributed by atoms with Gasteiger partial charge in [-0.25, -0.2) is 0 Å². The maximum Gasteiger partial charge on any atom is 0.136 e. The zero-order chi connectivity index (χ0) is 12.1. The molecule has 2 aromatic carbocycles. The SMILES string of the molecule is COc1cc(Oc2cc[c]cc2)ccc1SC. The zero-order valence-electron chi connectivity index (χ0n) is 9.77. The van der Waals surface area contributed by atoms with Gasteiger partial charge < -0.3 is 9.47 Å².